The van der Waals surface area contributed by atoms with Crippen LogP contribution in [0, 0.1) is 0 Å². The highest BCUT2D eigenvalue weighted by Gasteiger charge is 2.03. The molecule has 0 aliphatic rings. The maximum atomic E-state index is 11.5. The molecule has 0 unspecified atom stereocenters. The fourth-order valence-corrected chi connectivity index (χ4v) is 1.80. The van der Waals surface area contributed by atoms with E-state index in [1.807, 2.05) is 37.3 Å². The number of hydrogen-bond donors (Lipinski definition) is 2. The molecule has 94 valence electrons. The van der Waals surface area contributed by atoms with Gasteiger partial charge in [0.15, 0.2) is 0 Å². The van der Waals surface area contributed by atoms with E-state index >= 15 is 0 Å². The van der Waals surface area contributed by atoms with E-state index in [1.165, 1.54) is 0 Å². The van der Waals surface area contributed by atoms with Crippen molar-refractivity contribution in [3.05, 3.63) is 42.1 Å². The van der Waals surface area contributed by atoms with Crippen molar-refractivity contribution in [2.75, 3.05) is 13.1 Å². The molecule has 0 bridgehead atoms. The third kappa shape index (κ3) is 3.05. The molecular formula is C14H17N3O. The Morgan fingerprint density at radius 2 is 2.11 bits per heavy atom. The maximum absolute atomic E-state index is 11.5. The monoisotopic (exact) mass is 243 g/mol. The summed E-state index contributed by atoms with van der Waals surface area (Å²) in [5.41, 5.74) is 1.99. The van der Waals surface area contributed by atoms with Crippen molar-refractivity contribution in [3.8, 4) is 0 Å². The van der Waals surface area contributed by atoms with Gasteiger partial charge in [0.1, 0.15) is 0 Å². The predicted molar refractivity (Wildman–Crippen MR) is 72.1 cm³/mol. The molecule has 2 N–H and O–H groups in total. The van der Waals surface area contributed by atoms with Crippen molar-refractivity contribution in [1.82, 2.24) is 15.6 Å². The normalized spacial score (nSPS) is 10.5. The lowest BCUT2D eigenvalue weighted by Crippen LogP contribution is -2.33. The Morgan fingerprint density at radius 1 is 1.28 bits per heavy atom. The second-order valence-corrected chi connectivity index (χ2v) is 4.05. The zero-order valence-electron chi connectivity index (χ0n) is 10.4. The number of aromatic nitrogens is 1. The number of nitrogens with zero attached hydrogens (tertiary/aromatic N) is 1. The van der Waals surface area contributed by atoms with E-state index in [0.29, 0.717) is 13.1 Å². The van der Waals surface area contributed by atoms with Crippen molar-refractivity contribution < 1.29 is 4.79 Å². The van der Waals surface area contributed by atoms with Gasteiger partial charge < -0.3 is 10.6 Å². The van der Waals surface area contributed by atoms with Crippen LogP contribution in [-0.4, -0.2) is 24.0 Å². The molecule has 18 heavy (non-hydrogen) atoms. The van der Waals surface area contributed by atoms with E-state index in [1.54, 1.807) is 6.20 Å². The smallest absolute Gasteiger partial charge is 0.234 e. The first-order valence-corrected chi connectivity index (χ1v) is 6.11. The molecule has 1 aromatic heterocycles. The number of hydrogen-bond acceptors (Lipinski definition) is 3. The summed E-state index contributed by atoms with van der Waals surface area (Å²) in [6.07, 6.45) is 1.77. The van der Waals surface area contributed by atoms with Gasteiger partial charge in [-0.3, -0.25) is 9.78 Å². The summed E-state index contributed by atoms with van der Waals surface area (Å²) in [5, 5.41) is 6.97. The molecule has 0 atom stereocenters. The fraction of sp³-hybridized carbons (Fsp3) is 0.286. The number of amides is 1. The van der Waals surface area contributed by atoms with Crippen molar-refractivity contribution in [2.45, 2.75) is 13.5 Å². The number of benzene rings is 1. The second-order valence-electron chi connectivity index (χ2n) is 4.05. The fourth-order valence-electron chi connectivity index (χ4n) is 1.80. The minimum absolute atomic E-state index is 0.00443. The van der Waals surface area contributed by atoms with Gasteiger partial charge in [-0.15, -0.1) is 0 Å². The summed E-state index contributed by atoms with van der Waals surface area (Å²) in [5.74, 6) is 0.00443. The highest BCUT2D eigenvalue weighted by molar-refractivity contribution is 5.82. The van der Waals surface area contributed by atoms with Gasteiger partial charge in [-0.2, -0.15) is 0 Å². The number of pyridine rings is 1. The predicted octanol–water partition coefficient (Wildman–Crippen LogP) is 1.46. The number of rotatable bonds is 5. The van der Waals surface area contributed by atoms with Crippen LogP contribution in [0.15, 0.2) is 36.5 Å². The minimum Gasteiger partial charge on any atom is -0.351 e. The molecule has 1 heterocycles. The van der Waals surface area contributed by atoms with Crippen LogP contribution in [0.4, 0.5) is 0 Å². The lowest BCUT2D eigenvalue weighted by Gasteiger charge is -2.07. The zero-order valence-corrected chi connectivity index (χ0v) is 10.4. The molecule has 1 aromatic carbocycles. The molecule has 0 radical (unpaired) electrons. The Balaban J connectivity index is 2.05. The first-order valence-electron chi connectivity index (χ1n) is 6.11. The van der Waals surface area contributed by atoms with E-state index in [-0.39, 0.29) is 5.91 Å². The summed E-state index contributed by atoms with van der Waals surface area (Å²) < 4.78 is 0. The molecule has 0 saturated carbocycles. The molecule has 4 heteroatoms. The topological polar surface area (TPSA) is 54.0 Å². The van der Waals surface area contributed by atoms with Gasteiger partial charge in [-0.05, 0) is 18.2 Å². The maximum Gasteiger partial charge on any atom is 0.234 e. The third-order valence-electron chi connectivity index (χ3n) is 2.73. The molecule has 0 fully saturated rings. The van der Waals surface area contributed by atoms with Crippen molar-refractivity contribution in [1.29, 1.82) is 0 Å². The van der Waals surface area contributed by atoms with Crippen LogP contribution in [0.2, 0.25) is 0 Å². The van der Waals surface area contributed by atoms with E-state index in [2.05, 4.69) is 15.6 Å². The number of para-hydroxylation sites is 1. The lowest BCUT2D eigenvalue weighted by atomic mass is 10.1. The Morgan fingerprint density at radius 3 is 2.94 bits per heavy atom. The van der Waals surface area contributed by atoms with E-state index < -0.39 is 0 Å². The molecule has 0 aliphatic carbocycles. The van der Waals surface area contributed by atoms with Gasteiger partial charge in [0, 0.05) is 18.1 Å². The lowest BCUT2D eigenvalue weighted by molar-refractivity contribution is -0.120. The first-order chi connectivity index (χ1) is 8.81. The van der Waals surface area contributed by atoms with E-state index in [9.17, 15) is 4.79 Å². The average Bonchev–Trinajstić information content (AvgIpc) is 2.42. The van der Waals surface area contributed by atoms with Gasteiger partial charge in [0.2, 0.25) is 5.91 Å². The van der Waals surface area contributed by atoms with Crippen molar-refractivity contribution >= 4 is 16.8 Å². The minimum atomic E-state index is 0.00443. The SMILES string of the molecule is CCNCC(=O)NCc1cccc2cccnc12. The van der Waals surface area contributed by atoms with Gasteiger partial charge >= 0.3 is 0 Å². The first kappa shape index (κ1) is 12.5. The highest BCUT2D eigenvalue weighted by atomic mass is 16.1. The molecular weight excluding hydrogens is 226 g/mol. The molecule has 2 rings (SSSR count). The van der Waals surface area contributed by atoms with Gasteiger partial charge in [-0.1, -0.05) is 31.2 Å². The van der Waals surface area contributed by atoms with Crippen LogP contribution in [0.1, 0.15) is 12.5 Å². The Hall–Kier alpha value is -1.94. The highest BCUT2D eigenvalue weighted by Crippen LogP contribution is 2.15. The third-order valence-corrected chi connectivity index (χ3v) is 2.73. The number of nitrogens with one attached hydrogen (secondary N) is 2. The Bertz CT molecular complexity index is 534. The molecule has 0 aliphatic heterocycles. The van der Waals surface area contributed by atoms with E-state index in [0.717, 1.165) is 23.0 Å². The summed E-state index contributed by atoms with van der Waals surface area (Å²) in [4.78, 5) is 15.9. The van der Waals surface area contributed by atoms with Gasteiger partial charge in [-0.25, -0.2) is 0 Å². The van der Waals surface area contributed by atoms with E-state index in [4.69, 9.17) is 0 Å². The van der Waals surface area contributed by atoms with Crippen LogP contribution in [0.25, 0.3) is 10.9 Å². The zero-order chi connectivity index (χ0) is 12.8. The molecule has 0 saturated heterocycles. The molecule has 2 aromatic rings. The average molecular weight is 243 g/mol. The number of likely N-dealkylation sites (N-methyl/N-ethyl adjacent to an activating group) is 1. The summed E-state index contributed by atoms with van der Waals surface area (Å²) in [7, 11) is 0. The van der Waals surface area contributed by atoms with Crippen LogP contribution in [0.5, 0.6) is 0 Å². The number of fused-ring (bicyclic) bond motifs is 1. The van der Waals surface area contributed by atoms with Crippen LogP contribution < -0.4 is 10.6 Å². The van der Waals surface area contributed by atoms with Crippen LogP contribution >= 0.6 is 0 Å². The number of carbonyl (C=O) groups excluding carboxylic acids is 1. The largest absolute Gasteiger partial charge is 0.351 e. The van der Waals surface area contributed by atoms with Crippen LogP contribution in [-0.2, 0) is 11.3 Å². The summed E-state index contributed by atoms with van der Waals surface area (Å²) in [6, 6.07) is 9.92. The van der Waals surface area contributed by atoms with Crippen molar-refractivity contribution in [2.24, 2.45) is 0 Å². The van der Waals surface area contributed by atoms with Gasteiger partial charge in [0.25, 0.3) is 0 Å². The second kappa shape index (κ2) is 6.12. The Kier molecular flexibility index (Phi) is 4.25. The number of carbonyl (C=O) groups is 1. The summed E-state index contributed by atoms with van der Waals surface area (Å²) in [6.45, 7) is 3.64. The molecule has 4 nitrogen and oxygen atoms in total. The van der Waals surface area contributed by atoms with Gasteiger partial charge in [0.05, 0.1) is 12.1 Å². The summed E-state index contributed by atoms with van der Waals surface area (Å²) >= 11 is 0. The quantitative estimate of drug-likeness (QED) is 0.836. The van der Waals surface area contributed by atoms with Crippen LogP contribution in [0.3, 0.4) is 0 Å². The van der Waals surface area contributed by atoms with Crippen molar-refractivity contribution in [3.63, 3.8) is 0 Å². The standard InChI is InChI=1S/C14H17N3O/c1-2-15-10-13(18)17-9-12-6-3-5-11-7-4-8-16-14(11)12/h3-8,15H,2,9-10H2,1H3,(H,17,18). The molecule has 0 spiro atoms. The molecule has 1 amide bonds. The Labute approximate surface area is 106 Å².